The molecule has 3 aromatic rings. The Morgan fingerprint density at radius 1 is 1.05 bits per heavy atom. The van der Waals surface area contributed by atoms with Crippen LogP contribution in [0.3, 0.4) is 0 Å². The zero-order valence-electron chi connectivity index (χ0n) is 20.5. The van der Waals surface area contributed by atoms with E-state index in [1.54, 1.807) is 25.1 Å². The number of benzene rings is 3. The number of amides is 1. The van der Waals surface area contributed by atoms with Crippen molar-refractivity contribution in [3.05, 3.63) is 90.0 Å². The number of halogens is 1. The quantitative estimate of drug-likeness (QED) is 0.219. The van der Waals surface area contributed by atoms with Crippen LogP contribution >= 0.6 is 0 Å². The molecule has 0 heterocycles. The minimum Gasteiger partial charge on any atom is -0.476 e. The van der Waals surface area contributed by atoms with Gasteiger partial charge in [-0.3, -0.25) is 9.63 Å². The van der Waals surface area contributed by atoms with Crippen LogP contribution in [-0.4, -0.2) is 43.4 Å². The van der Waals surface area contributed by atoms with Gasteiger partial charge in [0, 0.05) is 13.0 Å². The highest BCUT2D eigenvalue weighted by Gasteiger charge is 2.27. The van der Waals surface area contributed by atoms with Gasteiger partial charge in [-0.05, 0) is 42.3 Å². The van der Waals surface area contributed by atoms with Crippen LogP contribution in [0.2, 0.25) is 0 Å². The minimum absolute atomic E-state index is 0.0141. The molecule has 0 aliphatic rings. The second-order valence-electron chi connectivity index (χ2n) is 8.11. The number of carboxylic acids is 1. The fraction of sp³-hybridized carbons (Fsp3) is 0.231. The van der Waals surface area contributed by atoms with Gasteiger partial charge in [-0.2, -0.15) is 4.39 Å². The van der Waals surface area contributed by atoms with Crippen molar-refractivity contribution in [2.75, 3.05) is 12.3 Å². The Hall–Kier alpha value is -4.00. The predicted octanol–water partition coefficient (Wildman–Crippen LogP) is 3.42. The lowest BCUT2D eigenvalue weighted by molar-refractivity contribution is -0.190. The molecule has 0 bridgehead atoms. The summed E-state index contributed by atoms with van der Waals surface area (Å²) in [6, 6.07) is 19.6. The smallest absolute Gasteiger partial charge is 0.378 e. The lowest BCUT2D eigenvalue weighted by Crippen LogP contribution is -2.36. The number of nitrogen functional groups attached to an aromatic ring is 1. The molecule has 202 valence electrons. The molecule has 0 aromatic heterocycles. The summed E-state index contributed by atoms with van der Waals surface area (Å²) in [4.78, 5) is 29.6. The monoisotopic (exact) mass is 545 g/mol. The first-order valence-corrected chi connectivity index (χ1v) is 13.1. The molecule has 12 heteroatoms. The number of carbonyl (C=O) groups excluding carboxylic acids is 1. The number of carbonyl (C=O) groups is 2. The van der Waals surface area contributed by atoms with Gasteiger partial charge in [0.25, 0.3) is 0 Å². The summed E-state index contributed by atoms with van der Waals surface area (Å²) >= 11 is 0. The van der Waals surface area contributed by atoms with Gasteiger partial charge in [-0.15, -0.1) is 0 Å². The van der Waals surface area contributed by atoms with Crippen LogP contribution in [0, 0.1) is 0 Å². The molecule has 3 aromatic carbocycles. The number of anilines is 1. The summed E-state index contributed by atoms with van der Waals surface area (Å²) in [6.07, 6.45) is -2.98. The van der Waals surface area contributed by atoms with Crippen LogP contribution in [0.1, 0.15) is 30.5 Å². The van der Waals surface area contributed by atoms with E-state index in [-0.39, 0.29) is 41.5 Å². The van der Waals surface area contributed by atoms with Crippen molar-refractivity contribution in [2.45, 2.75) is 37.2 Å². The number of nitrogens with one attached hydrogen (secondary N) is 1. The third-order valence-corrected chi connectivity index (χ3v) is 6.87. The summed E-state index contributed by atoms with van der Waals surface area (Å²) in [6.45, 7) is 2.05. The van der Waals surface area contributed by atoms with Crippen LogP contribution in [0.25, 0.3) is 0 Å². The number of aliphatic carboxylic acids is 1. The number of rotatable bonds is 13. The molecule has 0 spiro atoms. The molecule has 2 atom stereocenters. The van der Waals surface area contributed by atoms with Crippen molar-refractivity contribution < 1.29 is 37.1 Å². The number of hydroxylamine groups is 2. The number of carboxylic acid groups (broad SMARTS) is 1. The summed E-state index contributed by atoms with van der Waals surface area (Å²) in [7, 11) is -4.07. The van der Waals surface area contributed by atoms with Gasteiger partial charge in [0.2, 0.25) is 15.9 Å². The number of sulfonamides is 1. The third kappa shape index (κ3) is 7.75. The fourth-order valence-corrected chi connectivity index (χ4v) is 4.72. The highest BCUT2D eigenvalue weighted by molar-refractivity contribution is 7.89. The van der Waals surface area contributed by atoms with Crippen molar-refractivity contribution in [2.24, 2.45) is 0 Å². The zero-order chi connectivity index (χ0) is 27.7. The standard InChI is InChI=1S/C26H28FN3O7S/c1-2-30(36-17-18-9-5-3-6-10-18)24(31)16-22(29-38(34,35)20-11-7-4-8-12-20)19-13-14-23(21(28)15-19)37-25(27)26(32)33/h3-15,22,25,29H,2,16-17,28H2,1H3,(H,32,33). The van der Waals surface area contributed by atoms with Crippen molar-refractivity contribution in [1.82, 2.24) is 9.79 Å². The van der Waals surface area contributed by atoms with E-state index in [1.165, 1.54) is 30.3 Å². The van der Waals surface area contributed by atoms with Gasteiger partial charge < -0.3 is 15.6 Å². The predicted molar refractivity (Wildman–Crippen MR) is 137 cm³/mol. The molecular weight excluding hydrogens is 517 g/mol. The number of hydrogen-bond donors (Lipinski definition) is 3. The summed E-state index contributed by atoms with van der Waals surface area (Å²) in [5.74, 6) is -2.58. The SMILES string of the molecule is CCN(OCc1ccccc1)C(=O)CC(NS(=O)(=O)c1ccccc1)c1ccc(OC(F)C(=O)O)c(N)c1. The lowest BCUT2D eigenvalue weighted by atomic mass is 10.0. The molecule has 0 fully saturated rings. The van der Waals surface area contributed by atoms with E-state index in [0.29, 0.717) is 0 Å². The normalized spacial score (nSPS) is 12.9. The summed E-state index contributed by atoms with van der Waals surface area (Å²) in [5, 5.41) is 9.87. The van der Waals surface area contributed by atoms with Crippen LogP contribution in [0.5, 0.6) is 5.75 Å². The molecule has 2 unspecified atom stereocenters. The van der Waals surface area contributed by atoms with Crippen molar-refractivity contribution in [3.8, 4) is 5.75 Å². The van der Waals surface area contributed by atoms with Gasteiger partial charge >= 0.3 is 12.3 Å². The summed E-state index contributed by atoms with van der Waals surface area (Å²) in [5.41, 5.74) is 6.90. The molecule has 0 radical (unpaired) electrons. The van der Waals surface area contributed by atoms with E-state index < -0.39 is 34.3 Å². The van der Waals surface area contributed by atoms with Gasteiger partial charge in [0.15, 0.2) is 0 Å². The number of nitrogens with two attached hydrogens (primary N) is 1. The van der Waals surface area contributed by atoms with Gasteiger partial charge in [0.1, 0.15) is 12.4 Å². The average Bonchev–Trinajstić information content (AvgIpc) is 2.90. The van der Waals surface area contributed by atoms with E-state index >= 15 is 0 Å². The van der Waals surface area contributed by atoms with Crippen LogP contribution in [-0.2, 0) is 31.1 Å². The van der Waals surface area contributed by atoms with Gasteiger partial charge in [-0.1, -0.05) is 54.6 Å². The molecule has 0 saturated carbocycles. The molecular formula is C26H28FN3O7S. The number of nitrogens with zero attached hydrogens (tertiary/aromatic N) is 1. The van der Waals surface area contributed by atoms with Crippen molar-refractivity contribution in [3.63, 3.8) is 0 Å². The molecule has 0 aliphatic carbocycles. The van der Waals surface area contributed by atoms with Gasteiger partial charge in [-0.25, -0.2) is 23.0 Å². The maximum atomic E-state index is 13.5. The Morgan fingerprint density at radius 3 is 2.26 bits per heavy atom. The molecule has 38 heavy (non-hydrogen) atoms. The van der Waals surface area contributed by atoms with Crippen LogP contribution < -0.4 is 15.2 Å². The van der Waals surface area contributed by atoms with Crippen molar-refractivity contribution >= 4 is 27.6 Å². The van der Waals surface area contributed by atoms with E-state index in [1.807, 2.05) is 30.3 Å². The van der Waals surface area contributed by atoms with Crippen LogP contribution in [0.4, 0.5) is 10.1 Å². The Kier molecular flexibility index (Phi) is 9.77. The van der Waals surface area contributed by atoms with E-state index in [0.717, 1.165) is 10.6 Å². The second kappa shape index (κ2) is 13.0. The molecule has 0 aliphatic heterocycles. The Balaban J connectivity index is 1.86. The highest BCUT2D eigenvalue weighted by Crippen LogP contribution is 2.29. The third-order valence-electron chi connectivity index (χ3n) is 5.39. The largest absolute Gasteiger partial charge is 0.476 e. The minimum atomic E-state index is -4.07. The maximum absolute atomic E-state index is 13.5. The number of hydrogen-bond acceptors (Lipinski definition) is 7. The van der Waals surface area contributed by atoms with Gasteiger partial charge in [0.05, 0.1) is 16.6 Å². The Bertz CT molecular complexity index is 1340. The Labute approximate surface area is 219 Å². The Morgan fingerprint density at radius 2 is 1.68 bits per heavy atom. The molecule has 0 saturated heterocycles. The topological polar surface area (TPSA) is 148 Å². The maximum Gasteiger partial charge on any atom is 0.378 e. The number of alkyl halides is 1. The first kappa shape index (κ1) is 28.6. The first-order valence-electron chi connectivity index (χ1n) is 11.6. The van der Waals surface area contributed by atoms with Crippen molar-refractivity contribution in [1.29, 1.82) is 0 Å². The first-order chi connectivity index (χ1) is 18.1. The molecule has 1 amide bonds. The molecule has 10 nitrogen and oxygen atoms in total. The highest BCUT2D eigenvalue weighted by atomic mass is 32.2. The zero-order valence-corrected chi connectivity index (χ0v) is 21.3. The number of ether oxygens (including phenoxy) is 1. The second-order valence-corrected chi connectivity index (χ2v) is 9.82. The van der Waals surface area contributed by atoms with E-state index in [9.17, 15) is 22.4 Å². The van der Waals surface area contributed by atoms with E-state index in [2.05, 4.69) is 4.72 Å². The van der Waals surface area contributed by atoms with E-state index in [4.69, 9.17) is 20.4 Å². The van der Waals surface area contributed by atoms with Crippen LogP contribution in [0.15, 0.2) is 83.8 Å². The molecule has 3 rings (SSSR count). The fourth-order valence-electron chi connectivity index (χ4n) is 3.48. The summed E-state index contributed by atoms with van der Waals surface area (Å²) < 4.78 is 46.9. The molecule has 4 N–H and O–H groups in total. The average molecular weight is 546 g/mol. The lowest BCUT2D eigenvalue weighted by Gasteiger charge is -2.25.